The van der Waals surface area contributed by atoms with E-state index in [2.05, 4.69) is 5.32 Å². The summed E-state index contributed by atoms with van der Waals surface area (Å²) in [5, 5.41) is 2.47. The first-order valence-electron chi connectivity index (χ1n) is 3.30. The second-order valence-corrected chi connectivity index (χ2v) is 3.20. The highest BCUT2D eigenvalue weighted by Crippen LogP contribution is 2.13. The number of carbonyl (C=O) groups is 2. The minimum Gasteiger partial charge on any atom is -0.358 e. The van der Waals surface area contributed by atoms with Crippen LogP contribution in [0.15, 0.2) is 0 Å². The molecule has 0 unspecified atom stereocenters. The van der Waals surface area contributed by atoms with Gasteiger partial charge in [-0.25, -0.2) is 0 Å². The molecule has 1 N–H and O–H groups in total. The topological polar surface area (TPSA) is 49.4 Å². The molecule has 0 spiro atoms. The second kappa shape index (κ2) is 3.61. The minimum absolute atomic E-state index is 0.0543. The van der Waals surface area contributed by atoms with Crippen molar-refractivity contribution < 1.29 is 9.59 Å². The highest BCUT2D eigenvalue weighted by atomic mass is 32.2. The van der Waals surface area contributed by atoms with Crippen LogP contribution in [0.3, 0.4) is 0 Å². The third-order valence-electron chi connectivity index (χ3n) is 1.44. The average Bonchev–Trinajstić information content (AvgIpc) is 2.37. The molecule has 2 amide bonds. The van der Waals surface area contributed by atoms with E-state index in [-0.39, 0.29) is 18.4 Å². The van der Waals surface area contributed by atoms with E-state index in [9.17, 15) is 9.59 Å². The normalized spacial score (nSPS) is 17.2. The quantitative estimate of drug-likeness (QED) is 0.600. The Morgan fingerprint density at radius 3 is 3.00 bits per heavy atom. The van der Waals surface area contributed by atoms with Gasteiger partial charge in [-0.05, 0) is 0 Å². The van der Waals surface area contributed by atoms with Gasteiger partial charge < -0.3 is 10.2 Å². The van der Waals surface area contributed by atoms with E-state index in [1.54, 1.807) is 11.9 Å². The number of thioether (sulfide) groups is 1. The molecule has 1 saturated heterocycles. The predicted molar refractivity (Wildman–Crippen MR) is 43.1 cm³/mol. The van der Waals surface area contributed by atoms with Crippen LogP contribution in [0.1, 0.15) is 0 Å². The van der Waals surface area contributed by atoms with Gasteiger partial charge in [0.2, 0.25) is 11.8 Å². The third-order valence-corrected chi connectivity index (χ3v) is 2.38. The number of hydrogen-bond acceptors (Lipinski definition) is 3. The van der Waals surface area contributed by atoms with Gasteiger partial charge in [0.25, 0.3) is 0 Å². The maximum atomic E-state index is 11.0. The van der Waals surface area contributed by atoms with E-state index in [0.717, 1.165) is 0 Å². The summed E-state index contributed by atoms with van der Waals surface area (Å²) in [5.74, 6) is 1.10. The van der Waals surface area contributed by atoms with Crippen molar-refractivity contribution in [1.82, 2.24) is 10.2 Å². The van der Waals surface area contributed by atoms with Crippen LogP contribution < -0.4 is 5.32 Å². The molecule has 1 heterocycles. The summed E-state index contributed by atoms with van der Waals surface area (Å²) >= 11 is 1.54. The molecule has 0 saturated carbocycles. The molecule has 1 aliphatic heterocycles. The molecule has 62 valence electrons. The van der Waals surface area contributed by atoms with E-state index in [1.165, 1.54) is 11.8 Å². The molecule has 0 radical (unpaired) electrons. The number of likely N-dealkylation sites (N-methyl/N-ethyl adjacent to an activating group) is 1. The molecule has 1 rings (SSSR count). The third kappa shape index (κ3) is 2.11. The van der Waals surface area contributed by atoms with E-state index >= 15 is 0 Å². The number of nitrogens with zero attached hydrogens (tertiary/aromatic N) is 1. The monoisotopic (exact) mass is 174 g/mol. The zero-order valence-corrected chi connectivity index (χ0v) is 7.11. The maximum Gasteiger partial charge on any atom is 0.239 e. The van der Waals surface area contributed by atoms with Crippen LogP contribution in [-0.2, 0) is 9.59 Å². The van der Waals surface area contributed by atoms with Gasteiger partial charge in [-0.3, -0.25) is 9.59 Å². The predicted octanol–water partition coefficient (Wildman–Crippen LogP) is -0.735. The fourth-order valence-corrected chi connectivity index (χ4v) is 1.70. The molecular weight excluding hydrogens is 164 g/mol. The van der Waals surface area contributed by atoms with Crippen LogP contribution in [0, 0.1) is 0 Å². The molecule has 11 heavy (non-hydrogen) atoms. The summed E-state index contributed by atoms with van der Waals surface area (Å²) in [4.78, 5) is 23.3. The molecule has 5 heteroatoms. The van der Waals surface area contributed by atoms with E-state index in [0.29, 0.717) is 11.6 Å². The van der Waals surface area contributed by atoms with Crippen LogP contribution in [0.2, 0.25) is 0 Å². The van der Waals surface area contributed by atoms with Crippen molar-refractivity contribution in [3.8, 4) is 0 Å². The Bertz CT molecular complexity index is 183. The molecule has 0 aromatic carbocycles. The molecule has 0 aromatic heterocycles. The van der Waals surface area contributed by atoms with Gasteiger partial charge in [-0.1, -0.05) is 0 Å². The molecule has 0 aliphatic carbocycles. The molecule has 0 aromatic rings. The zero-order valence-electron chi connectivity index (χ0n) is 6.29. The SMILES string of the molecule is CNC(=O)CN1CSCC1=O. The molecule has 4 nitrogen and oxygen atoms in total. The molecule has 0 atom stereocenters. The zero-order chi connectivity index (χ0) is 8.27. The van der Waals surface area contributed by atoms with Gasteiger partial charge >= 0.3 is 0 Å². The first-order chi connectivity index (χ1) is 5.24. The highest BCUT2D eigenvalue weighted by Gasteiger charge is 2.21. The first kappa shape index (κ1) is 8.39. The Hall–Kier alpha value is -0.710. The summed E-state index contributed by atoms with van der Waals surface area (Å²) in [6.07, 6.45) is 0. The lowest BCUT2D eigenvalue weighted by atomic mass is 10.5. The highest BCUT2D eigenvalue weighted by molar-refractivity contribution is 8.00. The van der Waals surface area contributed by atoms with Gasteiger partial charge in [0.1, 0.15) is 6.54 Å². The number of nitrogens with one attached hydrogen (secondary N) is 1. The van der Waals surface area contributed by atoms with Crippen LogP contribution in [0.5, 0.6) is 0 Å². The van der Waals surface area contributed by atoms with Gasteiger partial charge in [0.05, 0.1) is 11.6 Å². The van der Waals surface area contributed by atoms with Crippen molar-refractivity contribution in [2.75, 3.05) is 25.2 Å². The van der Waals surface area contributed by atoms with Crippen LogP contribution in [0.25, 0.3) is 0 Å². The van der Waals surface area contributed by atoms with Crippen molar-refractivity contribution >= 4 is 23.6 Å². The Labute approximate surface area is 69.3 Å². The van der Waals surface area contributed by atoms with E-state index < -0.39 is 0 Å². The van der Waals surface area contributed by atoms with Gasteiger partial charge in [0, 0.05) is 7.05 Å². The van der Waals surface area contributed by atoms with Gasteiger partial charge in [-0.15, -0.1) is 11.8 Å². The van der Waals surface area contributed by atoms with Crippen molar-refractivity contribution in [1.29, 1.82) is 0 Å². The summed E-state index contributed by atoms with van der Waals surface area (Å²) in [6, 6.07) is 0. The van der Waals surface area contributed by atoms with E-state index in [1.807, 2.05) is 0 Å². The van der Waals surface area contributed by atoms with Crippen LogP contribution >= 0.6 is 11.8 Å². The van der Waals surface area contributed by atoms with Crippen LogP contribution in [0.4, 0.5) is 0 Å². The lowest BCUT2D eigenvalue weighted by Crippen LogP contribution is -2.36. The van der Waals surface area contributed by atoms with Crippen molar-refractivity contribution in [3.63, 3.8) is 0 Å². The number of amides is 2. The molecule has 1 aliphatic rings. The van der Waals surface area contributed by atoms with E-state index in [4.69, 9.17) is 0 Å². The van der Waals surface area contributed by atoms with Gasteiger partial charge in [0.15, 0.2) is 0 Å². The lowest BCUT2D eigenvalue weighted by molar-refractivity contribution is -0.132. The number of rotatable bonds is 2. The minimum atomic E-state index is -0.110. The second-order valence-electron chi connectivity index (χ2n) is 2.24. The Morgan fingerprint density at radius 1 is 1.82 bits per heavy atom. The van der Waals surface area contributed by atoms with Crippen molar-refractivity contribution in [2.45, 2.75) is 0 Å². The Kier molecular flexibility index (Phi) is 2.76. The fourth-order valence-electron chi connectivity index (χ4n) is 0.793. The Balaban J connectivity index is 2.36. The maximum absolute atomic E-state index is 11.0. The fraction of sp³-hybridized carbons (Fsp3) is 0.667. The van der Waals surface area contributed by atoms with Crippen molar-refractivity contribution in [3.05, 3.63) is 0 Å². The van der Waals surface area contributed by atoms with Crippen LogP contribution in [-0.4, -0.2) is 41.9 Å². The smallest absolute Gasteiger partial charge is 0.239 e. The summed E-state index contributed by atoms with van der Waals surface area (Å²) in [5.41, 5.74) is 0. The largest absolute Gasteiger partial charge is 0.358 e. The summed E-state index contributed by atoms with van der Waals surface area (Å²) in [7, 11) is 1.57. The standard InChI is InChI=1S/C6H10N2O2S/c1-7-5(9)2-8-4-11-3-6(8)10/h2-4H2,1H3,(H,7,9). The average molecular weight is 174 g/mol. The molecular formula is C6H10N2O2S. The lowest BCUT2D eigenvalue weighted by Gasteiger charge is -2.12. The van der Waals surface area contributed by atoms with Gasteiger partial charge in [-0.2, -0.15) is 0 Å². The Morgan fingerprint density at radius 2 is 2.55 bits per heavy atom. The summed E-state index contributed by atoms with van der Waals surface area (Å²) < 4.78 is 0. The number of hydrogen-bond donors (Lipinski definition) is 1. The number of carbonyl (C=O) groups excluding carboxylic acids is 2. The first-order valence-corrected chi connectivity index (χ1v) is 4.45. The van der Waals surface area contributed by atoms with Crippen molar-refractivity contribution in [2.24, 2.45) is 0 Å². The summed E-state index contributed by atoms with van der Waals surface area (Å²) in [6.45, 7) is 0.197. The molecule has 0 bridgehead atoms. The molecule has 1 fully saturated rings.